The SMILES string of the molecule is COC(=O)C(Cl)Cc1ccc([N+](=O)[O-])cc1Br. The molecule has 1 aromatic carbocycles. The molecule has 0 fully saturated rings. The summed E-state index contributed by atoms with van der Waals surface area (Å²) in [7, 11) is 1.25. The number of hydrogen-bond acceptors (Lipinski definition) is 4. The van der Waals surface area contributed by atoms with E-state index in [0.717, 1.165) is 0 Å². The van der Waals surface area contributed by atoms with E-state index >= 15 is 0 Å². The Morgan fingerprint density at radius 2 is 2.29 bits per heavy atom. The van der Waals surface area contributed by atoms with Crippen LogP contribution in [0.3, 0.4) is 0 Å². The number of nitrogens with zero attached hydrogens (tertiary/aromatic N) is 1. The molecule has 0 saturated heterocycles. The zero-order chi connectivity index (χ0) is 13.0. The normalized spacial score (nSPS) is 11.9. The third kappa shape index (κ3) is 3.67. The largest absolute Gasteiger partial charge is 0.468 e. The van der Waals surface area contributed by atoms with Crippen molar-refractivity contribution in [2.75, 3.05) is 7.11 Å². The molecule has 0 aliphatic carbocycles. The second-order valence-electron chi connectivity index (χ2n) is 3.23. The van der Waals surface area contributed by atoms with Gasteiger partial charge in [0.2, 0.25) is 0 Å². The van der Waals surface area contributed by atoms with Crippen molar-refractivity contribution in [1.82, 2.24) is 0 Å². The first-order valence-corrected chi connectivity index (χ1v) is 5.83. The average Bonchev–Trinajstić information content (AvgIpc) is 2.30. The van der Waals surface area contributed by atoms with Crippen LogP contribution in [0.5, 0.6) is 0 Å². The van der Waals surface area contributed by atoms with Crippen molar-refractivity contribution in [3.8, 4) is 0 Å². The van der Waals surface area contributed by atoms with Crippen LogP contribution in [0, 0.1) is 10.1 Å². The predicted molar refractivity (Wildman–Crippen MR) is 66.2 cm³/mol. The number of ether oxygens (including phenoxy) is 1. The minimum Gasteiger partial charge on any atom is -0.468 e. The lowest BCUT2D eigenvalue weighted by Gasteiger charge is -2.08. The van der Waals surface area contributed by atoms with E-state index in [1.54, 1.807) is 6.07 Å². The van der Waals surface area contributed by atoms with Gasteiger partial charge in [0.1, 0.15) is 5.38 Å². The van der Waals surface area contributed by atoms with Gasteiger partial charge in [0, 0.05) is 23.0 Å². The van der Waals surface area contributed by atoms with Crippen molar-refractivity contribution >= 4 is 39.2 Å². The fourth-order valence-electron chi connectivity index (χ4n) is 1.22. The Hall–Kier alpha value is -1.14. The van der Waals surface area contributed by atoms with Gasteiger partial charge in [0.15, 0.2) is 0 Å². The van der Waals surface area contributed by atoms with Crippen molar-refractivity contribution in [2.45, 2.75) is 11.8 Å². The van der Waals surface area contributed by atoms with E-state index in [1.807, 2.05) is 0 Å². The Bertz CT molecular complexity index is 452. The summed E-state index contributed by atoms with van der Waals surface area (Å²) >= 11 is 9.01. The van der Waals surface area contributed by atoms with Gasteiger partial charge in [-0.1, -0.05) is 22.0 Å². The first-order valence-electron chi connectivity index (χ1n) is 4.60. The molecule has 17 heavy (non-hydrogen) atoms. The molecule has 0 amide bonds. The maximum atomic E-state index is 11.1. The number of methoxy groups -OCH3 is 1. The molecule has 1 unspecified atom stereocenters. The third-order valence-corrected chi connectivity index (χ3v) is 3.17. The highest BCUT2D eigenvalue weighted by molar-refractivity contribution is 9.10. The van der Waals surface area contributed by atoms with Gasteiger partial charge in [-0.3, -0.25) is 14.9 Å². The maximum Gasteiger partial charge on any atom is 0.324 e. The molecular formula is C10H9BrClNO4. The number of nitro benzene ring substituents is 1. The molecule has 0 radical (unpaired) electrons. The topological polar surface area (TPSA) is 69.4 Å². The molecule has 1 rings (SSSR count). The summed E-state index contributed by atoms with van der Waals surface area (Å²) in [4.78, 5) is 21.2. The minimum absolute atomic E-state index is 0.0233. The number of carbonyl (C=O) groups is 1. The van der Waals surface area contributed by atoms with E-state index in [9.17, 15) is 14.9 Å². The Morgan fingerprint density at radius 1 is 1.65 bits per heavy atom. The van der Waals surface area contributed by atoms with Gasteiger partial charge >= 0.3 is 5.97 Å². The highest BCUT2D eigenvalue weighted by Crippen LogP contribution is 2.25. The maximum absolute atomic E-state index is 11.1. The Morgan fingerprint density at radius 3 is 2.76 bits per heavy atom. The fourth-order valence-corrected chi connectivity index (χ4v) is 2.00. The van der Waals surface area contributed by atoms with Crippen molar-refractivity contribution in [3.05, 3.63) is 38.3 Å². The number of nitro groups is 1. The zero-order valence-corrected chi connectivity index (χ0v) is 11.2. The van der Waals surface area contributed by atoms with Crippen molar-refractivity contribution in [1.29, 1.82) is 0 Å². The highest BCUT2D eigenvalue weighted by atomic mass is 79.9. The lowest BCUT2D eigenvalue weighted by Crippen LogP contribution is -2.18. The van der Waals surface area contributed by atoms with E-state index in [0.29, 0.717) is 10.0 Å². The summed E-state index contributed by atoms with van der Waals surface area (Å²) in [5.74, 6) is -0.531. The second kappa shape index (κ2) is 5.97. The Balaban J connectivity index is 2.86. The molecule has 0 aliphatic heterocycles. The molecule has 0 bridgehead atoms. The van der Waals surface area contributed by atoms with E-state index in [4.69, 9.17) is 11.6 Å². The van der Waals surface area contributed by atoms with Crippen LogP contribution in [0.1, 0.15) is 5.56 Å². The molecule has 5 nitrogen and oxygen atoms in total. The Labute approximate surface area is 111 Å². The second-order valence-corrected chi connectivity index (χ2v) is 4.61. The number of carbonyl (C=O) groups excluding carboxylic acids is 1. The zero-order valence-electron chi connectivity index (χ0n) is 8.85. The number of non-ortho nitro benzene ring substituents is 1. The van der Waals surface area contributed by atoms with Gasteiger partial charge < -0.3 is 4.74 Å². The van der Waals surface area contributed by atoms with E-state index in [-0.39, 0.29) is 12.1 Å². The van der Waals surface area contributed by atoms with E-state index in [2.05, 4.69) is 20.7 Å². The van der Waals surface area contributed by atoms with Crippen LogP contribution in [0.4, 0.5) is 5.69 Å². The van der Waals surface area contributed by atoms with Crippen LogP contribution >= 0.6 is 27.5 Å². The number of benzene rings is 1. The molecule has 0 spiro atoms. The molecule has 0 aliphatic rings. The van der Waals surface area contributed by atoms with Gasteiger partial charge in [0.05, 0.1) is 12.0 Å². The Kier molecular flexibility index (Phi) is 4.89. The molecule has 1 aromatic rings. The molecule has 0 N–H and O–H groups in total. The summed E-state index contributed by atoms with van der Waals surface area (Å²) in [6.45, 7) is 0. The number of hydrogen-bond donors (Lipinski definition) is 0. The first kappa shape index (κ1) is 13.9. The molecule has 0 heterocycles. The van der Waals surface area contributed by atoms with Crippen LogP contribution < -0.4 is 0 Å². The molecule has 0 aromatic heterocycles. The molecule has 0 saturated carbocycles. The van der Waals surface area contributed by atoms with Crippen LogP contribution in [0.15, 0.2) is 22.7 Å². The molecular weight excluding hydrogens is 313 g/mol. The first-order chi connectivity index (χ1) is 7.95. The van der Waals surface area contributed by atoms with Crippen LogP contribution in [-0.2, 0) is 16.0 Å². The predicted octanol–water partition coefficient (Wildman–Crippen LogP) is 2.68. The highest BCUT2D eigenvalue weighted by Gasteiger charge is 2.18. The van der Waals surface area contributed by atoms with Crippen LogP contribution in [0.2, 0.25) is 0 Å². The van der Waals surface area contributed by atoms with Crippen LogP contribution in [0.25, 0.3) is 0 Å². The summed E-state index contributed by atoms with van der Waals surface area (Å²) in [6, 6.07) is 4.29. The molecule has 92 valence electrons. The smallest absolute Gasteiger partial charge is 0.324 e. The third-order valence-electron chi connectivity index (χ3n) is 2.10. The van der Waals surface area contributed by atoms with Gasteiger partial charge in [-0.05, 0) is 5.56 Å². The standard InChI is InChI=1S/C10H9BrClNO4/c1-17-10(14)9(12)4-6-2-3-7(13(15)16)5-8(6)11/h2-3,5,9H,4H2,1H3. The monoisotopic (exact) mass is 321 g/mol. The van der Waals surface area contributed by atoms with E-state index in [1.165, 1.54) is 19.2 Å². The number of esters is 1. The van der Waals surface area contributed by atoms with E-state index < -0.39 is 16.3 Å². The van der Waals surface area contributed by atoms with Crippen LogP contribution in [-0.4, -0.2) is 23.4 Å². The van der Waals surface area contributed by atoms with Gasteiger partial charge in [0.25, 0.3) is 5.69 Å². The van der Waals surface area contributed by atoms with Crippen molar-refractivity contribution < 1.29 is 14.5 Å². The van der Waals surface area contributed by atoms with Gasteiger partial charge in [-0.15, -0.1) is 11.6 Å². The average molecular weight is 323 g/mol. The molecule has 7 heteroatoms. The van der Waals surface area contributed by atoms with Crippen molar-refractivity contribution in [2.24, 2.45) is 0 Å². The summed E-state index contributed by atoms with van der Waals surface area (Å²) < 4.78 is 5.03. The minimum atomic E-state index is -0.808. The summed E-state index contributed by atoms with van der Waals surface area (Å²) in [5.41, 5.74) is 0.686. The van der Waals surface area contributed by atoms with Gasteiger partial charge in [-0.2, -0.15) is 0 Å². The number of halogens is 2. The lowest BCUT2D eigenvalue weighted by atomic mass is 10.1. The van der Waals surface area contributed by atoms with Gasteiger partial charge in [-0.25, -0.2) is 0 Å². The van der Waals surface area contributed by atoms with Crippen molar-refractivity contribution in [3.63, 3.8) is 0 Å². The quantitative estimate of drug-likeness (QED) is 0.370. The number of rotatable bonds is 4. The molecule has 1 atom stereocenters. The lowest BCUT2D eigenvalue weighted by molar-refractivity contribution is -0.384. The summed E-state index contributed by atoms with van der Waals surface area (Å²) in [5, 5.41) is 9.72. The summed E-state index contributed by atoms with van der Waals surface area (Å²) in [6.07, 6.45) is 0.243. The number of alkyl halides is 1. The fraction of sp³-hybridized carbons (Fsp3) is 0.300.